The number of nitrogens with one attached hydrogen (secondary N) is 1. The molecule has 0 amide bonds. The minimum Gasteiger partial charge on any atom is -0.329 e. The van der Waals surface area contributed by atoms with Crippen molar-refractivity contribution in [3.63, 3.8) is 0 Å². The number of alkyl halides is 1. The van der Waals surface area contributed by atoms with Crippen molar-refractivity contribution in [2.24, 2.45) is 5.73 Å². The Morgan fingerprint density at radius 1 is 1.22 bits per heavy atom. The second kappa shape index (κ2) is 9.02. The van der Waals surface area contributed by atoms with Crippen LogP contribution in [-0.4, -0.2) is 55.5 Å². The van der Waals surface area contributed by atoms with Crippen molar-refractivity contribution in [2.45, 2.75) is 24.6 Å². The summed E-state index contributed by atoms with van der Waals surface area (Å²) in [5.74, 6) is 0.0532. The number of nitrogens with two attached hydrogens (primary N) is 1. The van der Waals surface area contributed by atoms with E-state index in [9.17, 15) is 8.42 Å². The number of rotatable bonds is 6. The van der Waals surface area contributed by atoms with Gasteiger partial charge in [-0.15, -0.1) is 11.6 Å². The van der Waals surface area contributed by atoms with Crippen LogP contribution in [0.1, 0.15) is 13.8 Å². The maximum absolute atomic E-state index is 11.3. The Hall–Kier alpha value is 0.0300. The Morgan fingerprint density at radius 2 is 1.61 bits per heavy atom. The van der Waals surface area contributed by atoms with Gasteiger partial charge in [0.2, 0.25) is 0 Å². The van der Waals surface area contributed by atoms with Crippen LogP contribution in [-0.2, 0) is 20.2 Å². The molecule has 18 heavy (non-hydrogen) atoms. The van der Waals surface area contributed by atoms with Gasteiger partial charge in [0.15, 0.2) is 9.84 Å². The molecule has 0 fully saturated rings. The molecule has 2 atom stereocenters. The van der Waals surface area contributed by atoms with Crippen LogP contribution in [0.25, 0.3) is 0 Å². The highest BCUT2D eigenvalue weighted by Gasteiger charge is 2.20. The predicted molar refractivity (Wildman–Crippen MR) is 69.8 cm³/mol. The lowest BCUT2D eigenvalue weighted by molar-refractivity contribution is 0.381. The van der Waals surface area contributed by atoms with E-state index in [1.54, 1.807) is 6.92 Å². The van der Waals surface area contributed by atoms with Crippen LogP contribution >= 0.6 is 11.6 Å². The molecular weight excluding hydrogens is 308 g/mol. The number of hydrogen-bond donors (Lipinski definition) is 4. The summed E-state index contributed by atoms with van der Waals surface area (Å²) in [5, 5.41) is 2.98. The zero-order valence-electron chi connectivity index (χ0n) is 10.1. The summed E-state index contributed by atoms with van der Waals surface area (Å²) in [4.78, 5) is 0. The summed E-state index contributed by atoms with van der Waals surface area (Å²) in [6.07, 6.45) is 0. The zero-order valence-corrected chi connectivity index (χ0v) is 12.5. The lowest BCUT2D eigenvalue weighted by Gasteiger charge is -2.14. The fourth-order valence-electron chi connectivity index (χ4n) is 0.870. The molecule has 0 spiro atoms. The third-order valence-electron chi connectivity index (χ3n) is 1.61. The Morgan fingerprint density at radius 3 is 1.89 bits per heavy atom. The first-order valence-electron chi connectivity index (χ1n) is 4.89. The van der Waals surface area contributed by atoms with Gasteiger partial charge < -0.3 is 11.1 Å². The van der Waals surface area contributed by atoms with Gasteiger partial charge in [0.1, 0.15) is 4.71 Å². The summed E-state index contributed by atoms with van der Waals surface area (Å²) < 4.78 is 53.4. The quantitative estimate of drug-likeness (QED) is 0.369. The van der Waals surface area contributed by atoms with Crippen molar-refractivity contribution in [3.05, 3.63) is 0 Å². The van der Waals surface area contributed by atoms with Gasteiger partial charge in [0.25, 0.3) is 0 Å². The summed E-state index contributed by atoms with van der Waals surface area (Å²) >= 11 is 5.51. The number of sulfone groups is 1. The zero-order chi connectivity index (χ0) is 15.0. The van der Waals surface area contributed by atoms with Crippen LogP contribution in [0.5, 0.6) is 0 Å². The molecule has 8 nitrogen and oxygen atoms in total. The average Bonchev–Trinajstić information content (AvgIpc) is 2.11. The Bertz CT molecular complexity index is 400. The van der Waals surface area contributed by atoms with Crippen LogP contribution < -0.4 is 11.1 Å². The fraction of sp³-hybridized carbons (Fsp3) is 1.00. The van der Waals surface area contributed by atoms with E-state index >= 15 is 0 Å². The molecule has 112 valence electrons. The molecule has 0 rings (SSSR count). The first-order chi connectivity index (χ1) is 7.90. The largest absolute Gasteiger partial charge is 0.394 e. The summed E-state index contributed by atoms with van der Waals surface area (Å²) in [5.41, 5.74) is 5.26. The highest BCUT2D eigenvalue weighted by molar-refractivity contribution is 7.93. The Labute approximate surface area is 112 Å². The smallest absolute Gasteiger partial charge is 0.329 e. The Balaban J connectivity index is 0. The topological polar surface area (TPSA) is 147 Å². The maximum atomic E-state index is 11.3. The first kappa shape index (κ1) is 20.3. The molecular formula is C7H19ClN2O6S2. The summed E-state index contributed by atoms with van der Waals surface area (Å²) in [6, 6.07) is -0.102. The van der Waals surface area contributed by atoms with Crippen molar-refractivity contribution >= 4 is 31.8 Å². The van der Waals surface area contributed by atoms with E-state index in [0.717, 1.165) is 0 Å². The van der Waals surface area contributed by atoms with Crippen molar-refractivity contribution in [1.82, 2.24) is 5.32 Å². The summed E-state index contributed by atoms with van der Waals surface area (Å²) in [7, 11) is -7.83. The fourth-order valence-corrected chi connectivity index (χ4v) is 2.17. The van der Waals surface area contributed by atoms with Crippen molar-refractivity contribution in [3.8, 4) is 0 Å². The maximum Gasteiger partial charge on any atom is 0.394 e. The molecule has 0 aromatic rings. The Kier molecular flexibility index (Phi) is 10.2. The average molecular weight is 327 g/mol. The standard InChI is InChI=1S/C7H17ClN2O2S.H2O4S/c1-6(10-4-3-9)5-13(11,12)7(2)8;1-5(2,3)4/h6-7,10H,3-5,9H2,1-2H3;(H2,1,2,3,4). The first-order valence-corrected chi connectivity index (χ1v) is 8.44. The molecule has 5 N–H and O–H groups in total. The van der Waals surface area contributed by atoms with Gasteiger partial charge in [-0.05, 0) is 13.8 Å². The van der Waals surface area contributed by atoms with E-state index in [0.29, 0.717) is 13.1 Å². The molecule has 11 heteroatoms. The van der Waals surface area contributed by atoms with Gasteiger partial charge in [-0.3, -0.25) is 9.11 Å². The monoisotopic (exact) mass is 326 g/mol. The van der Waals surface area contributed by atoms with Crippen molar-refractivity contribution in [2.75, 3.05) is 18.8 Å². The van der Waals surface area contributed by atoms with E-state index in [2.05, 4.69) is 5.32 Å². The van der Waals surface area contributed by atoms with Crippen LogP contribution in [0, 0.1) is 0 Å². The molecule has 0 bridgehead atoms. The second-order valence-electron chi connectivity index (χ2n) is 3.46. The van der Waals surface area contributed by atoms with Crippen LogP contribution in [0.4, 0.5) is 0 Å². The molecule has 0 aliphatic rings. The van der Waals surface area contributed by atoms with Crippen LogP contribution in [0.3, 0.4) is 0 Å². The molecule has 2 unspecified atom stereocenters. The van der Waals surface area contributed by atoms with Gasteiger partial charge >= 0.3 is 10.4 Å². The predicted octanol–water partition coefficient (Wildman–Crippen LogP) is -0.730. The lowest BCUT2D eigenvalue weighted by atomic mass is 10.4. The van der Waals surface area contributed by atoms with E-state index in [4.69, 9.17) is 34.9 Å². The van der Waals surface area contributed by atoms with Gasteiger partial charge in [-0.1, -0.05) is 0 Å². The number of hydrogen-bond acceptors (Lipinski definition) is 6. The normalized spacial score (nSPS) is 15.4. The van der Waals surface area contributed by atoms with Gasteiger partial charge in [0.05, 0.1) is 5.75 Å². The lowest BCUT2D eigenvalue weighted by Crippen LogP contribution is -2.37. The van der Waals surface area contributed by atoms with Gasteiger partial charge in [0, 0.05) is 19.1 Å². The highest BCUT2D eigenvalue weighted by atomic mass is 35.5. The van der Waals surface area contributed by atoms with Crippen LogP contribution in [0.15, 0.2) is 0 Å². The molecule has 0 saturated carbocycles. The molecule has 0 heterocycles. The molecule has 0 aromatic heterocycles. The second-order valence-corrected chi connectivity index (χ2v) is 7.64. The van der Waals surface area contributed by atoms with Crippen molar-refractivity contribution in [1.29, 1.82) is 0 Å². The molecule has 0 aliphatic carbocycles. The third kappa shape index (κ3) is 16.0. The molecule has 0 saturated heterocycles. The minimum absolute atomic E-state index is 0.0532. The molecule has 0 aliphatic heterocycles. The van der Waals surface area contributed by atoms with Gasteiger partial charge in [-0.2, -0.15) is 8.42 Å². The third-order valence-corrected chi connectivity index (χ3v) is 4.38. The minimum atomic E-state index is -4.67. The SMILES string of the molecule is CC(CS(=O)(=O)C(C)Cl)NCCN.O=S(=O)(O)O. The van der Waals surface area contributed by atoms with Crippen molar-refractivity contribution < 1.29 is 25.9 Å². The molecule has 0 radical (unpaired) electrons. The molecule has 0 aromatic carbocycles. The summed E-state index contributed by atoms with van der Waals surface area (Å²) in [6.45, 7) is 4.38. The number of halogens is 1. The van der Waals surface area contributed by atoms with E-state index in [1.165, 1.54) is 6.92 Å². The van der Waals surface area contributed by atoms with E-state index < -0.39 is 24.9 Å². The van der Waals surface area contributed by atoms with Crippen LogP contribution in [0.2, 0.25) is 0 Å². The van der Waals surface area contributed by atoms with E-state index in [-0.39, 0.29) is 11.8 Å². The van der Waals surface area contributed by atoms with E-state index in [1.807, 2.05) is 0 Å². The highest BCUT2D eigenvalue weighted by Crippen LogP contribution is 2.07. The van der Waals surface area contributed by atoms with Gasteiger partial charge in [-0.25, -0.2) is 8.42 Å².